The summed E-state index contributed by atoms with van der Waals surface area (Å²) in [7, 11) is 0. The fourth-order valence-electron chi connectivity index (χ4n) is 1.95. The zero-order valence-corrected chi connectivity index (χ0v) is 12.5. The van der Waals surface area contributed by atoms with Crippen molar-refractivity contribution in [2.75, 3.05) is 6.61 Å². The minimum atomic E-state index is -0.434. The molecule has 0 radical (unpaired) electrons. The molecule has 0 spiro atoms. The Labute approximate surface area is 129 Å². The smallest absolute Gasteiger partial charge is 0.332 e. The topological polar surface area (TPSA) is 70.1 Å². The monoisotopic (exact) mass is 297 g/mol. The summed E-state index contributed by atoms with van der Waals surface area (Å²) in [5, 5.41) is 0. The van der Waals surface area contributed by atoms with Crippen LogP contribution in [0, 0.1) is 0 Å². The van der Waals surface area contributed by atoms with E-state index in [1.54, 1.807) is 19.4 Å². The normalized spacial score (nSPS) is 11.8. The molecule has 0 aliphatic rings. The molecule has 2 rings (SSSR count). The number of esters is 1. The number of allylic oxidation sites excluding steroid dienone is 1. The molecule has 0 bridgehead atoms. The summed E-state index contributed by atoms with van der Waals surface area (Å²) in [6, 6.07) is 8.06. The third kappa shape index (κ3) is 4.94. The number of hydrogen-bond donors (Lipinski definition) is 1. The van der Waals surface area contributed by atoms with Crippen molar-refractivity contribution in [1.82, 2.24) is 9.55 Å². The summed E-state index contributed by atoms with van der Waals surface area (Å²) in [6.45, 7) is 2.60. The average Bonchev–Trinajstić information content (AvgIpc) is 2.97. The molecule has 0 aliphatic carbocycles. The van der Waals surface area contributed by atoms with Gasteiger partial charge in [-0.1, -0.05) is 30.3 Å². The third-order valence-corrected chi connectivity index (χ3v) is 2.93. The lowest BCUT2D eigenvalue weighted by atomic mass is 10.1. The van der Waals surface area contributed by atoms with Crippen LogP contribution < -0.4 is 5.73 Å². The SMILES string of the molecule is C/C(N)=C/C(=O)OC/C=C/c1ccccc1Cn1ccnc1. The first-order chi connectivity index (χ1) is 10.6. The molecule has 5 heteroatoms. The van der Waals surface area contributed by atoms with E-state index in [-0.39, 0.29) is 6.61 Å². The van der Waals surface area contributed by atoms with Crippen molar-refractivity contribution in [3.05, 3.63) is 72.0 Å². The van der Waals surface area contributed by atoms with Gasteiger partial charge >= 0.3 is 5.97 Å². The van der Waals surface area contributed by atoms with E-state index >= 15 is 0 Å². The van der Waals surface area contributed by atoms with Gasteiger partial charge in [0.25, 0.3) is 0 Å². The number of ether oxygens (including phenoxy) is 1. The molecule has 5 nitrogen and oxygen atoms in total. The summed E-state index contributed by atoms with van der Waals surface area (Å²) < 4.78 is 7.02. The van der Waals surface area contributed by atoms with Gasteiger partial charge in [-0.05, 0) is 24.1 Å². The summed E-state index contributed by atoms with van der Waals surface area (Å²) in [5.74, 6) is -0.434. The molecule has 0 aliphatic heterocycles. The van der Waals surface area contributed by atoms with Crippen molar-refractivity contribution >= 4 is 12.0 Å². The van der Waals surface area contributed by atoms with Crippen molar-refractivity contribution in [3.8, 4) is 0 Å². The van der Waals surface area contributed by atoms with E-state index in [4.69, 9.17) is 10.5 Å². The van der Waals surface area contributed by atoms with Gasteiger partial charge < -0.3 is 15.0 Å². The zero-order valence-electron chi connectivity index (χ0n) is 12.5. The summed E-state index contributed by atoms with van der Waals surface area (Å²) in [6.07, 6.45) is 10.5. The Kier molecular flexibility index (Phi) is 5.54. The number of imidazole rings is 1. The van der Waals surface area contributed by atoms with Gasteiger partial charge in [0, 0.05) is 30.7 Å². The first-order valence-electron chi connectivity index (χ1n) is 6.96. The van der Waals surface area contributed by atoms with Crippen molar-refractivity contribution < 1.29 is 9.53 Å². The largest absolute Gasteiger partial charge is 0.458 e. The summed E-state index contributed by atoms with van der Waals surface area (Å²) in [5.41, 5.74) is 8.09. The van der Waals surface area contributed by atoms with Crippen LogP contribution in [0.5, 0.6) is 0 Å². The highest BCUT2D eigenvalue weighted by Crippen LogP contribution is 2.12. The fourth-order valence-corrected chi connectivity index (χ4v) is 1.95. The van der Waals surface area contributed by atoms with Crippen LogP contribution in [0.3, 0.4) is 0 Å². The Hall–Kier alpha value is -2.82. The van der Waals surface area contributed by atoms with Gasteiger partial charge in [0.1, 0.15) is 6.61 Å². The van der Waals surface area contributed by atoms with E-state index < -0.39 is 5.97 Å². The molecule has 1 aromatic carbocycles. The molecule has 0 atom stereocenters. The maximum absolute atomic E-state index is 11.3. The molecule has 2 N–H and O–H groups in total. The van der Waals surface area contributed by atoms with Gasteiger partial charge in [-0.3, -0.25) is 0 Å². The van der Waals surface area contributed by atoms with Crippen molar-refractivity contribution in [1.29, 1.82) is 0 Å². The molecule has 0 fully saturated rings. The number of carbonyl (C=O) groups is 1. The van der Waals surface area contributed by atoms with E-state index in [0.29, 0.717) is 5.70 Å². The van der Waals surface area contributed by atoms with Gasteiger partial charge in [-0.25, -0.2) is 9.78 Å². The lowest BCUT2D eigenvalue weighted by Gasteiger charge is -2.06. The van der Waals surface area contributed by atoms with Crippen LogP contribution in [0.25, 0.3) is 6.08 Å². The predicted molar refractivity (Wildman–Crippen MR) is 85.7 cm³/mol. The first kappa shape index (κ1) is 15.6. The predicted octanol–water partition coefficient (Wildman–Crippen LogP) is 2.35. The van der Waals surface area contributed by atoms with Crippen molar-refractivity contribution in [2.45, 2.75) is 13.5 Å². The first-order valence-corrected chi connectivity index (χ1v) is 6.96. The number of aromatic nitrogens is 2. The Morgan fingerprint density at radius 3 is 2.95 bits per heavy atom. The number of carbonyl (C=O) groups excluding carboxylic acids is 1. The Morgan fingerprint density at radius 1 is 1.41 bits per heavy atom. The van der Waals surface area contributed by atoms with Crippen molar-refractivity contribution in [2.24, 2.45) is 5.73 Å². The van der Waals surface area contributed by atoms with Gasteiger partial charge in [-0.2, -0.15) is 0 Å². The maximum Gasteiger partial charge on any atom is 0.332 e. The molecule has 22 heavy (non-hydrogen) atoms. The van der Waals surface area contributed by atoms with Crippen LogP contribution in [0.2, 0.25) is 0 Å². The van der Waals surface area contributed by atoms with Gasteiger partial charge in [0.2, 0.25) is 0 Å². The molecule has 0 saturated heterocycles. The Bertz CT molecular complexity index is 669. The fraction of sp³-hybridized carbons (Fsp3) is 0.176. The summed E-state index contributed by atoms with van der Waals surface area (Å²) >= 11 is 0. The standard InChI is InChI=1S/C17H19N3O2/c1-14(18)11-17(21)22-10-4-7-15-5-2-3-6-16(15)12-20-9-8-19-13-20/h2-9,11,13H,10,12,18H2,1H3/b7-4+,14-11-. The van der Waals surface area contributed by atoms with Crippen LogP contribution in [0.1, 0.15) is 18.1 Å². The zero-order chi connectivity index (χ0) is 15.8. The molecule has 0 unspecified atom stereocenters. The van der Waals surface area contributed by atoms with Crippen LogP contribution >= 0.6 is 0 Å². The lowest BCUT2D eigenvalue weighted by Crippen LogP contribution is -2.04. The van der Waals surface area contributed by atoms with Crippen LogP contribution in [-0.4, -0.2) is 22.1 Å². The van der Waals surface area contributed by atoms with Gasteiger partial charge in [-0.15, -0.1) is 0 Å². The molecule has 1 heterocycles. The highest BCUT2D eigenvalue weighted by atomic mass is 16.5. The molecule has 114 valence electrons. The van der Waals surface area contributed by atoms with Crippen LogP contribution in [-0.2, 0) is 16.1 Å². The maximum atomic E-state index is 11.3. The van der Waals surface area contributed by atoms with E-state index in [0.717, 1.165) is 12.1 Å². The van der Waals surface area contributed by atoms with E-state index in [1.165, 1.54) is 11.6 Å². The molecular weight excluding hydrogens is 278 g/mol. The highest BCUT2D eigenvalue weighted by molar-refractivity contribution is 5.82. The molecule has 0 amide bonds. The minimum absolute atomic E-state index is 0.210. The summed E-state index contributed by atoms with van der Waals surface area (Å²) in [4.78, 5) is 15.4. The van der Waals surface area contributed by atoms with Gasteiger partial charge in [0.15, 0.2) is 0 Å². The number of hydrogen-bond acceptors (Lipinski definition) is 4. The Morgan fingerprint density at radius 2 is 2.23 bits per heavy atom. The number of rotatable bonds is 6. The average molecular weight is 297 g/mol. The molecule has 2 aromatic rings. The second-order valence-electron chi connectivity index (χ2n) is 4.85. The van der Waals surface area contributed by atoms with Crippen molar-refractivity contribution in [3.63, 3.8) is 0 Å². The number of nitrogens with zero attached hydrogens (tertiary/aromatic N) is 2. The number of nitrogens with two attached hydrogens (primary N) is 1. The third-order valence-electron chi connectivity index (χ3n) is 2.93. The minimum Gasteiger partial charge on any atom is -0.458 e. The van der Waals surface area contributed by atoms with Crippen LogP contribution in [0.4, 0.5) is 0 Å². The van der Waals surface area contributed by atoms with Crippen LogP contribution in [0.15, 0.2) is 60.8 Å². The van der Waals surface area contributed by atoms with E-state index in [1.807, 2.05) is 41.1 Å². The second-order valence-corrected chi connectivity index (χ2v) is 4.85. The molecular formula is C17H19N3O2. The highest BCUT2D eigenvalue weighted by Gasteiger charge is 2.00. The van der Waals surface area contributed by atoms with Gasteiger partial charge in [0.05, 0.1) is 6.33 Å². The quantitative estimate of drug-likeness (QED) is 0.656. The molecule has 1 aromatic heterocycles. The lowest BCUT2D eigenvalue weighted by molar-refractivity contribution is -0.136. The second kappa shape index (κ2) is 7.83. The Balaban J connectivity index is 1.96. The van der Waals surface area contributed by atoms with E-state index in [2.05, 4.69) is 11.1 Å². The number of benzene rings is 1. The molecule has 0 saturated carbocycles. The van der Waals surface area contributed by atoms with E-state index in [9.17, 15) is 4.79 Å².